The maximum Gasteiger partial charge on any atom is 0.0612 e. The SMILES string of the molecule is CCCCCCCCCCCCCC/C=C/CC/C=C/CC/C=C/CO. The van der Waals surface area contributed by atoms with Crippen LogP contribution in [0.3, 0.4) is 0 Å². The molecule has 0 bridgehead atoms. The van der Waals surface area contributed by atoms with Crippen LogP contribution in [0.4, 0.5) is 0 Å². The van der Waals surface area contributed by atoms with Crippen molar-refractivity contribution in [1.82, 2.24) is 0 Å². The molecule has 0 heterocycles. The molecule has 0 amide bonds. The van der Waals surface area contributed by atoms with Gasteiger partial charge in [0.1, 0.15) is 0 Å². The molecule has 0 aromatic carbocycles. The van der Waals surface area contributed by atoms with E-state index in [-0.39, 0.29) is 6.61 Å². The molecule has 0 aromatic heterocycles. The van der Waals surface area contributed by atoms with Gasteiger partial charge in [0.2, 0.25) is 0 Å². The first kappa shape index (κ1) is 25.2. The molecule has 1 heteroatoms. The van der Waals surface area contributed by atoms with Crippen molar-refractivity contribution in [1.29, 1.82) is 0 Å². The largest absolute Gasteiger partial charge is 0.392 e. The van der Waals surface area contributed by atoms with E-state index in [1.807, 2.05) is 12.2 Å². The number of allylic oxidation sites excluding steroid dienone is 5. The molecular formula is C25H46O. The summed E-state index contributed by atoms with van der Waals surface area (Å²) in [6.45, 7) is 2.45. The zero-order valence-corrected chi connectivity index (χ0v) is 17.6. The predicted molar refractivity (Wildman–Crippen MR) is 119 cm³/mol. The zero-order valence-electron chi connectivity index (χ0n) is 17.6. The molecule has 152 valence electrons. The van der Waals surface area contributed by atoms with E-state index in [0.29, 0.717) is 0 Å². The van der Waals surface area contributed by atoms with Crippen LogP contribution in [0.2, 0.25) is 0 Å². The summed E-state index contributed by atoms with van der Waals surface area (Å²) in [6.07, 6.45) is 35.9. The molecule has 0 saturated carbocycles. The average molecular weight is 363 g/mol. The number of hydrogen-bond acceptors (Lipinski definition) is 1. The summed E-state index contributed by atoms with van der Waals surface area (Å²) in [5.74, 6) is 0. The van der Waals surface area contributed by atoms with Gasteiger partial charge < -0.3 is 5.11 Å². The van der Waals surface area contributed by atoms with E-state index in [1.54, 1.807) is 0 Å². The van der Waals surface area contributed by atoms with E-state index >= 15 is 0 Å². The number of rotatable bonds is 20. The van der Waals surface area contributed by atoms with Crippen LogP contribution in [0.15, 0.2) is 36.5 Å². The highest BCUT2D eigenvalue weighted by atomic mass is 16.2. The fourth-order valence-corrected chi connectivity index (χ4v) is 3.15. The van der Waals surface area contributed by atoms with Crippen molar-refractivity contribution in [2.75, 3.05) is 6.61 Å². The van der Waals surface area contributed by atoms with Crippen LogP contribution in [-0.2, 0) is 0 Å². The molecule has 0 aliphatic rings. The summed E-state index contributed by atoms with van der Waals surface area (Å²) in [5.41, 5.74) is 0. The molecule has 1 N–H and O–H groups in total. The lowest BCUT2D eigenvalue weighted by Gasteiger charge is -2.02. The van der Waals surface area contributed by atoms with Crippen molar-refractivity contribution in [3.8, 4) is 0 Å². The average Bonchev–Trinajstić information content (AvgIpc) is 2.66. The number of aliphatic hydroxyl groups is 1. The van der Waals surface area contributed by atoms with Crippen molar-refractivity contribution < 1.29 is 5.11 Å². The summed E-state index contributed by atoms with van der Waals surface area (Å²) in [7, 11) is 0. The lowest BCUT2D eigenvalue weighted by molar-refractivity contribution is 0.342. The Hall–Kier alpha value is -0.820. The van der Waals surface area contributed by atoms with Gasteiger partial charge in [0, 0.05) is 0 Å². The van der Waals surface area contributed by atoms with Crippen molar-refractivity contribution in [2.24, 2.45) is 0 Å². The van der Waals surface area contributed by atoms with Crippen LogP contribution < -0.4 is 0 Å². The third-order valence-corrected chi connectivity index (χ3v) is 4.83. The smallest absolute Gasteiger partial charge is 0.0612 e. The first-order valence-corrected chi connectivity index (χ1v) is 11.5. The lowest BCUT2D eigenvalue weighted by Crippen LogP contribution is -1.82. The van der Waals surface area contributed by atoms with Gasteiger partial charge in [-0.1, -0.05) is 114 Å². The van der Waals surface area contributed by atoms with Crippen LogP contribution in [0.25, 0.3) is 0 Å². The quantitative estimate of drug-likeness (QED) is 0.170. The van der Waals surface area contributed by atoms with Gasteiger partial charge in [0.05, 0.1) is 6.61 Å². The number of aliphatic hydroxyl groups excluding tert-OH is 1. The van der Waals surface area contributed by atoms with Crippen LogP contribution in [0.5, 0.6) is 0 Å². The molecule has 0 radical (unpaired) electrons. The van der Waals surface area contributed by atoms with Gasteiger partial charge in [-0.2, -0.15) is 0 Å². The van der Waals surface area contributed by atoms with Gasteiger partial charge in [-0.05, 0) is 38.5 Å². The fourth-order valence-electron chi connectivity index (χ4n) is 3.15. The minimum absolute atomic E-state index is 0.160. The molecule has 0 fully saturated rings. The minimum atomic E-state index is 0.160. The Morgan fingerprint density at radius 3 is 1.19 bits per heavy atom. The van der Waals surface area contributed by atoms with E-state index < -0.39 is 0 Å². The highest BCUT2D eigenvalue weighted by molar-refractivity contribution is 4.90. The standard InChI is InChI=1S/C25H46O/c1-2-3-4-5-6-7-8-9-10-11-12-13-14-15-16-17-18-19-20-21-22-23-24-25-26/h15-16,19-20,23-24,26H,2-14,17-18,21-22,25H2,1H3/b16-15+,20-19+,24-23+. The Kier molecular flexibility index (Phi) is 23.4. The first-order valence-electron chi connectivity index (χ1n) is 11.5. The monoisotopic (exact) mass is 362 g/mol. The maximum atomic E-state index is 8.62. The topological polar surface area (TPSA) is 20.2 Å². The molecule has 0 aliphatic heterocycles. The van der Waals surface area contributed by atoms with Crippen molar-refractivity contribution in [3.05, 3.63) is 36.5 Å². The zero-order chi connectivity index (χ0) is 19.0. The fraction of sp³-hybridized carbons (Fsp3) is 0.760. The highest BCUT2D eigenvalue weighted by Gasteiger charge is 1.92. The summed E-state index contributed by atoms with van der Waals surface area (Å²) in [6, 6.07) is 0. The summed E-state index contributed by atoms with van der Waals surface area (Å²) in [4.78, 5) is 0. The van der Waals surface area contributed by atoms with Crippen LogP contribution in [0.1, 0.15) is 116 Å². The van der Waals surface area contributed by atoms with Gasteiger partial charge in [-0.25, -0.2) is 0 Å². The lowest BCUT2D eigenvalue weighted by atomic mass is 10.0. The van der Waals surface area contributed by atoms with Gasteiger partial charge >= 0.3 is 0 Å². The Morgan fingerprint density at radius 1 is 0.423 bits per heavy atom. The Morgan fingerprint density at radius 2 is 0.769 bits per heavy atom. The van der Waals surface area contributed by atoms with Gasteiger partial charge in [0.15, 0.2) is 0 Å². The molecule has 26 heavy (non-hydrogen) atoms. The first-order chi connectivity index (χ1) is 12.9. The van der Waals surface area contributed by atoms with E-state index in [2.05, 4.69) is 31.2 Å². The second kappa shape index (κ2) is 24.2. The third-order valence-electron chi connectivity index (χ3n) is 4.83. The highest BCUT2D eigenvalue weighted by Crippen LogP contribution is 2.12. The molecule has 1 nitrogen and oxygen atoms in total. The minimum Gasteiger partial charge on any atom is -0.392 e. The number of unbranched alkanes of at least 4 members (excludes halogenated alkanes) is 14. The van der Waals surface area contributed by atoms with Gasteiger partial charge in [0.25, 0.3) is 0 Å². The predicted octanol–water partition coefficient (Wildman–Crippen LogP) is 8.30. The van der Waals surface area contributed by atoms with Crippen LogP contribution in [0, 0.1) is 0 Å². The van der Waals surface area contributed by atoms with E-state index in [9.17, 15) is 0 Å². The summed E-state index contributed by atoms with van der Waals surface area (Å²) >= 11 is 0. The van der Waals surface area contributed by atoms with Gasteiger partial charge in [-0.3, -0.25) is 0 Å². The van der Waals surface area contributed by atoms with Crippen molar-refractivity contribution >= 4 is 0 Å². The summed E-state index contributed by atoms with van der Waals surface area (Å²) < 4.78 is 0. The van der Waals surface area contributed by atoms with Crippen molar-refractivity contribution in [3.63, 3.8) is 0 Å². The second-order valence-corrected chi connectivity index (χ2v) is 7.43. The van der Waals surface area contributed by atoms with Crippen LogP contribution >= 0.6 is 0 Å². The number of hydrogen-bond donors (Lipinski definition) is 1. The van der Waals surface area contributed by atoms with Crippen LogP contribution in [-0.4, -0.2) is 11.7 Å². The Balaban J connectivity index is 3.15. The molecule has 0 unspecified atom stereocenters. The molecule has 0 spiro atoms. The molecule has 0 rings (SSSR count). The van der Waals surface area contributed by atoms with E-state index in [4.69, 9.17) is 5.11 Å². The Bertz CT molecular complexity index is 327. The van der Waals surface area contributed by atoms with E-state index in [0.717, 1.165) is 19.3 Å². The molecule has 0 saturated heterocycles. The normalized spacial score (nSPS) is 12.2. The Labute approximate surface area is 164 Å². The molecule has 0 aliphatic carbocycles. The van der Waals surface area contributed by atoms with Gasteiger partial charge in [-0.15, -0.1) is 0 Å². The van der Waals surface area contributed by atoms with Crippen molar-refractivity contribution in [2.45, 2.75) is 116 Å². The third kappa shape index (κ3) is 23.2. The van der Waals surface area contributed by atoms with E-state index in [1.165, 1.54) is 89.9 Å². The molecular weight excluding hydrogens is 316 g/mol. The summed E-state index contributed by atoms with van der Waals surface area (Å²) in [5, 5.41) is 8.62. The molecule has 0 aromatic rings. The molecule has 0 atom stereocenters. The maximum absolute atomic E-state index is 8.62. The second-order valence-electron chi connectivity index (χ2n) is 7.43.